The van der Waals surface area contributed by atoms with Gasteiger partial charge in [-0.1, -0.05) is 11.6 Å². The van der Waals surface area contributed by atoms with Crippen molar-refractivity contribution in [3.8, 4) is 0 Å². The lowest BCUT2D eigenvalue weighted by Crippen LogP contribution is -2.14. The fourth-order valence-corrected chi connectivity index (χ4v) is 1.58. The van der Waals surface area contributed by atoms with Gasteiger partial charge in [-0.3, -0.25) is 14.1 Å². The predicted octanol–water partition coefficient (Wildman–Crippen LogP) is 0.916. The van der Waals surface area contributed by atoms with Gasteiger partial charge in [-0.15, -0.1) is 0 Å². The summed E-state index contributed by atoms with van der Waals surface area (Å²) in [7, 11) is 0. The number of primary amides is 1. The number of rotatable bonds is 4. The van der Waals surface area contributed by atoms with E-state index in [1.807, 2.05) is 0 Å². The Hall–Kier alpha value is -1.11. The van der Waals surface area contributed by atoms with Crippen LogP contribution in [0.2, 0.25) is 5.02 Å². The standard InChI is InChI=1S/C8H9ClN2O3S/c9-7-2-1-6(11-15(13)14)3-5(7)4-8(10)12/h1-3,11H,4H2,(H2,10,12)(H,13,14). The first-order chi connectivity index (χ1) is 6.99. The van der Waals surface area contributed by atoms with E-state index in [1.165, 1.54) is 18.2 Å². The second kappa shape index (κ2) is 5.11. The normalized spacial score (nSPS) is 12.1. The van der Waals surface area contributed by atoms with Gasteiger partial charge in [0.1, 0.15) is 0 Å². The molecule has 5 nitrogen and oxygen atoms in total. The zero-order chi connectivity index (χ0) is 11.4. The van der Waals surface area contributed by atoms with Crippen molar-refractivity contribution in [3.05, 3.63) is 28.8 Å². The predicted molar refractivity (Wildman–Crippen MR) is 58.7 cm³/mol. The maximum absolute atomic E-state index is 10.7. The lowest BCUT2D eigenvalue weighted by Gasteiger charge is -2.05. The molecule has 0 spiro atoms. The van der Waals surface area contributed by atoms with Crippen molar-refractivity contribution in [2.45, 2.75) is 6.42 Å². The number of anilines is 1. The number of nitrogens with one attached hydrogen (secondary N) is 1. The first-order valence-corrected chi connectivity index (χ1v) is 5.41. The summed E-state index contributed by atoms with van der Waals surface area (Å²) in [6.07, 6.45) is -0.00752. The van der Waals surface area contributed by atoms with Crippen LogP contribution in [0.15, 0.2) is 18.2 Å². The summed E-state index contributed by atoms with van der Waals surface area (Å²) in [6.45, 7) is 0. The Bertz CT molecular complexity index is 411. The van der Waals surface area contributed by atoms with E-state index in [1.54, 1.807) is 0 Å². The molecule has 0 radical (unpaired) electrons. The summed E-state index contributed by atoms with van der Waals surface area (Å²) in [5.41, 5.74) is 5.93. The second-order valence-corrected chi connectivity index (χ2v) is 3.91. The molecule has 15 heavy (non-hydrogen) atoms. The number of amides is 1. The maximum atomic E-state index is 10.7. The summed E-state index contributed by atoms with van der Waals surface area (Å²) < 4.78 is 21.3. The highest BCUT2D eigenvalue weighted by Gasteiger charge is 2.06. The maximum Gasteiger partial charge on any atom is 0.259 e. The molecule has 82 valence electrons. The van der Waals surface area contributed by atoms with Crippen molar-refractivity contribution in [2.75, 3.05) is 4.72 Å². The quantitative estimate of drug-likeness (QED) is 0.692. The van der Waals surface area contributed by atoms with Crippen LogP contribution in [0.25, 0.3) is 0 Å². The van der Waals surface area contributed by atoms with Crippen molar-refractivity contribution in [1.82, 2.24) is 0 Å². The van der Waals surface area contributed by atoms with Gasteiger partial charge in [-0.05, 0) is 23.8 Å². The van der Waals surface area contributed by atoms with Gasteiger partial charge in [0.2, 0.25) is 5.91 Å². The number of carbonyl (C=O) groups is 1. The minimum absolute atomic E-state index is 0.00752. The van der Waals surface area contributed by atoms with Gasteiger partial charge in [0.05, 0.1) is 6.42 Å². The molecular weight excluding hydrogens is 240 g/mol. The highest BCUT2D eigenvalue weighted by molar-refractivity contribution is 7.80. The van der Waals surface area contributed by atoms with Crippen LogP contribution in [-0.4, -0.2) is 14.7 Å². The number of halogens is 1. The third kappa shape index (κ3) is 3.86. The lowest BCUT2D eigenvalue weighted by molar-refractivity contribution is -0.117. The number of hydrogen-bond donors (Lipinski definition) is 3. The Labute approximate surface area is 94.0 Å². The summed E-state index contributed by atoms with van der Waals surface area (Å²) in [6, 6.07) is 4.55. The van der Waals surface area contributed by atoms with E-state index in [0.717, 1.165) is 0 Å². The molecule has 7 heteroatoms. The Morgan fingerprint density at radius 3 is 2.80 bits per heavy atom. The molecule has 0 aliphatic carbocycles. The number of carbonyl (C=O) groups excluding carboxylic acids is 1. The van der Waals surface area contributed by atoms with E-state index in [-0.39, 0.29) is 6.42 Å². The van der Waals surface area contributed by atoms with Crippen molar-refractivity contribution < 1.29 is 13.6 Å². The van der Waals surface area contributed by atoms with Crippen molar-refractivity contribution in [3.63, 3.8) is 0 Å². The Morgan fingerprint density at radius 2 is 2.27 bits per heavy atom. The fourth-order valence-electron chi connectivity index (χ4n) is 1.06. The largest absolute Gasteiger partial charge is 0.369 e. The topological polar surface area (TPSA) is 92.4 Å². The smallest absolute Gasteiger partial charge is 0.259 e. The number of benzene rings is 1. The second-order valence-electron chi connectivity index (χ2n) is 2.80. The Kier molecular flexibility index (Phi) is 4.07. The molecule has 0 aromatic heterocycles. The first-order valence-electron chi connectivity index (χ1n) is 3.93. The summed E-state index contributed by atoms with van der Waals surface area (Å²) >= 11 is 3.65. The van der Waals surface area contributed by atoms with E-state index in [4.69, 9.17) is 21.9 Å². The molecule has 1 amide bonds. The van der Waals surface area contributed by atoms with Gasteiger partial charge in [-0.25, -0.2) is 4.21 Å². The van der Waals surface area contributed by atoms with E-state index < -0.39 is 17.2 Å². The van der Waals surface area contributed by atoms with Crippen LogP contribution in [-0.2, 0) is 22.5 Å². The highest BCUT2D eigenvalue weighted by Crippen LogP contribution is 2.21. The number of nitrogens with two attached hydrogens (primary N) is 1. The average molecular weight is 249 g/mol. The zero-order valence-corrected chi connectivity index (χ0v) is 9.14. The molecule has 1 rings (SSSR count). The molecule has 0 bridgehead atoms. The van der Waals surface area contributed by atoms with Gasteiger partial charge in [0.25, 0.3) is 11.3 Å². The molecular formula is C8H9ClN2O3S. The molecule has 0 fully saturated rings. The monoisotopic (exact) mass is 248 g/mol. The van der Waals surface area contributed by atoms with Gasteiger partial charge < -0.3 is 5.73 Å². The third-order valence-electron chi connectivity index (χ3n) is 1.62. The van der Waals surface area contributed by atoms with Crippen molar-refractivity contribution in [1.29, 1.82) is 0 Å². The molecule has 4 N–H and O–H groups in total. The molecule has 1 aromatic rings. The molecule has 0 aliphatic heterocycles. The summed E-state index contributed by atoms with van der Waals surface area (Å²) in [5.74, 6) is -0.515. The Morgan fingerprint density at radius 1 is 1.60 bits per heavy atom. The van der Waals surface area contributed by atoms with E-state index in [2.05, 4.69) is 4.72 Å². The molecule has 0 saturated carbocycles. The van der Waals surface area contributed by atoms with E-state index in [0.29, 0.717) is 16.3 Å². The SMILES string of the molecule is NC(=O)Cc1cc(NS(=O)O)ccc1Cl. The van der Waals surface area contributed by atoms with E-state index >= 15 is 0 Å². The molecule has 1 aromatic carbocycles. The zero-order valence-electron chi connectivity index (χ0n) is 7.57. The van der Waals surface area contributed by atoms with Crippen LogP contribution in [0.4, 0.5) is 5.69 Å². The van der Waals surface area contributed by atoms with Gasteiger partial charge in [0, 0.05) is 10.7 Å². The van der Waals surface area contributed by atoms with Gasteiger partial charge in [-0.2, -0.15) is 0 Å². The van der Waals surface area contributed by atoms with Crippen LogP contribution in [0.1, 0.15) is 5.56 Å². The molecule has 0 aliphatic rings. The highest BCUT2D eigenvalue weighted by atomic mass is 35.5. The molecule has 1 unspecified atom stereocenters. The minimum atomic E-state index is -2.15. The lowest BCUT2D eigenvalue weighted by atomic mass is 10.1. The van der Waals surface area contributed by atoms with E-state index in [9.17, 15) is 9.00 Å². The van der Waals surface area contributed by atoms with Crippen LogP contribution >= 0.6 is 11.6 Å². The Balaban J connectivity index is 2.94. The van der Waals surface area contributed by atoms with Crippen LogP contribution in [0.3, 0.4) is 0 Å². The van der Waals surface area contributed by atoms with Crippen molar-refractivity contribution in [2.24, 2.45) is 5.73 Å². The van der Waals surface area contributed by atoms with Crippen molar-refractivity contribution >= 4 is 34.5 Å². The molecule has 0 heterocycles. The number of hydrogen-bond acceptors (Lipinski definition) is 2. The fraction of sp³-hybridized carbons (Fsp3) is 0.125. The molecule has 0 saturated heterocycles. The average Bonchev–Trinajstić information content (AvgIpc) is 2.09. The van der Waals surface area contributed by atoms with Crippen LogP contribution in [0, 0.1) is 0 Å². The van der Waals surface area contributed by atoms with Crippen LogP contribution < -0.4 is 10.5 Å². The summed E-state index contributed by atoms with van der Waals surface area (Å²) in [4.78, 5) is 10.7. The van der Waals surface area contributed by atoms with Gasteiger partial charge in [0.15, 0.2) is 0 Å². The van der Waals surface area contributed by atoms with Crippen LogP contribution in [0.5, 0.6) is 0 Å². The molecule has 1 atom stereocenters. The van der Waals surface area contributed by atoms with Gasteiger partial charge >= 0.3 is 0 Å². The summed E-state index contributed by atoms with van der Waals surface area (Å²) in [5, 5.41) is 0.392. The minimum Gasteiger partial charge on any atom is -0.369 e. The first kappa shape index (κ1) is 12.0. The third-order valence-corrected chi connectivity index (χ3v) is 2.39.